The van der Waals surface area contributed by atoms with Crippen LogP contribution in [0.2, 0.25) is 5.02 Å². The number of hydrogen-bond acceptors (Lipinski definition) is 8. The molecule has 0 saturated carbocycles. The molecule has 1 aliphatic heterocycles. The van der Waals surface area contributed by atoms with Gasteiger partial charge in [0.2, 0.25) is 5.95 Å². The number of aromatic nitrogens is 5. The number of carbonyl (C=O) groups is 1. The molecular formula is C24H22ClN7O3. The van der Waals surface area contributed by atoms with Gasteiger partial charge in [-0.3, -0.25) is 14.3 Å². The Morgan fingerprint density at radius 2 is 1.94 bits per heavy atom. The Kier molecular flexibility index (Phi) is 6.04. The largest absolute Gasteiger partial charge is 0.448 e. The van der Waals surface area contributed by atoms with Gasteiger partial charge in [-0.2, -0.15) is 4.98 Å². The van der Waals surface area contributed by atoms with Crippen molar-refractivity contribution in [2.75, 3.05) is 32.1 Å². The average Bonchev–Trinajstić information content (AvgIpc) is 3.27. The molecule has 10 nitrogen and oxygen atoms in total. The molecule has 1 amide bonds. The summed E-state index contributed by atoms with van der Waals surface area (Å²) in [6.45, 7) is 3.25. The number of benzene rings is 1. The number of halogens is 1. The first-order chi connectivity index (χ1) is 16.9. The third-order valence-corrected chi connectivity index (χ3v) is 6.11. The van der Waals surface area contributed by atoms with Crippen LogP contribution in [-0.2, 0) is 11.3 Å². The first-order valence-electron chi connectivity index (χ1n) is 11.0. The van der Waals surface area contributed by atoms with Crippen LogP contribution in [0.15, 0.2) is 47.7 Å². The van der Waals surface area contributed by atoms with E-state index in [1.54, 1.807) is 53.3 Å². The molecule has 178 valence electrons. The Morgan fingerprint density at radius 3 is 2.66 bits per heavy atom. The van der Waals surface area contributed by atoms with Crippen LogP contribution in [-0.4, -0.2) is 62.2 Å². The van der Waals surface area contributed by atoms with Crippen LogP contribution in [0.25, 0.3) is 33.4 Å². The molecule has 1 fully saturated rings. The number of fused-ring (bicyclic) bond motifs is 1. The Labute approximate surface area is 205 Å². The molecule has 0 unspecified atom stereocenters. The van der Waals surface area contributed by atoms with Gasteiger partial charge in [0.15, 0.2) is 0 Å². The molecule has 0 radical (unpaired) electrons. The highest BCUT2D eigenvalue weighted by molar-refractivity contribution is 6.33. The van der Waals surface area contributed by atoms with Crippen molar-refractivity contribution < 1.29 is 9.53 Å². The second-order valence-corrected chi connectivity index (χ2v) is 8.49. The normalized spacial score (nSPS) is 13.3. The van der Waals surface area contributed by atoms with Gasteiger partial charge in [-0.15, -0.1) is 0 Å². The van der Waals surface area contributed by atoms with Gasteiger partial charge in [-0.1, -0.05) is 23.7 Å². The van der Waals surface area contributed by atoms with Crippen molar-refractivity contribution in [3.05, 3.63) is 63.9 Å². The highest BCUT2D eigenvalue weighted by Gasteiger charge is 2.23. The van der Waals surface area contributed by atoms with Crippen molar-refractivity contribution in [1.29, 1.82) is 0 Å². The lowest BCUT2D eigenvalue weighted by Crippen LogP contribution is -2.32. The van der Waals surface area contributed by atoms with E-state index in [1.165, 1.54) is 0 Å². The zero-order valence-corrected chi connectivity index (χ0v) is 19.9. The Bertz CT molecular complexity index is 1500. The van der Waals surface area contributed by atoms with E-state index in [-0.39, 0.29) is 18.2 Å². The van der Waals surface area contributed by atoms with E-state index >= 15 is 0 Å². The number of cyclic esters (lactones) is 1. The number of aryl methyl sites for hydroxylation is 1. The summed E-state index contributed by atoms with van der Waals surface area (Å²) in [4.78, 5) is 44.6. The molecule has 5 rings (SSSR count). The number of carbonyl (C=O) groups excluding carboxylic acids is 1. The van der Waals surface area contributed by atoms with Crippen LogP contribution in [0.4, 0.5) is 10.7 Å². The maximum atomic E-state index is 13.7. The topological polar surface area (TPSA) is 115 Å². The quantitative estimate of drug-likeness (QED) is 0.436. The van der Waals surface area contributed by atoms with Gasteiger partial charge >= 0.3 is 6.09 Å². The number of rotatable bonds is 6. The summed E-state index contributed by atoms with van der Waals surface area (Å²) in [5.74, 6) is 0.389. The third-order valence-electron chi connectivity index (χ3n) is 5.80. The Balaban J connectivity index is 1.60. The van der Waals surface area contributed by atoms with Gasteiger partial charge < -0.3 is 15.0 Å². The summed E-state index contributed by atoms with van der Waals surface area (Å²) in [6.07, 6.45) is 4.62. The SMILES string of the molecule is CNc1ncc2cc(-c3ccc(-c4cncc(C)n4)cc3Cl)c(=O)n(CCN3CCOC3=O)c2n1. The van der Waals surface area contributed by atoms with Crippen molar-refractivity contribution in [3.8, 4) is 22.4 Å². The van der Waals surface area contributed by atoms with Crippen LogP contribution in [0.3, 0.4) is 0 Å². The first kappa shape index (κ1) is 22.7. The standard InChI is InChI=1S/C24H22ClN7O3/c1-14-11-27-13-20(29-14)15-3-4-17(19(25)10-15)18-9-16-12-28-23(26-2)30-21(16)32(22(18)33)6-5-31-7-8-35-24(31)34/h3-4,9-13H,5-8H2,1-2H3,(H,26,28,30). The summed E-state index contributed by atoms with van der Waals surface area (Å²) < 4.78 is 6.56. The monoisotopic (exact) mass is 491 g/mol. The fraction of sp³-hybridized carbons (Fsp3) is 0.250. The van der Waals surface area contributed by atoms with E-state index < -0.39 is 0 Å². The minimum Gasteiger partial charge on any atom is -0.448 e. The fourth-order valence-electron chi connectivity index (χ4n) is 4.02. The van der Waals surface area contributed by atoms with E-state index in [1.807, 2.05) is 13.0 Å². The van der Waals surface area contributed by atoms with E-state index in [2.05, 4.69) is 25.3 Å². The maximum absolute atomic E-state index is 13.7. The van der Waals surface area contributed by atoms with E-state index in [4.69, 9.17) is 16.3 Å². The fourth-order valence-corrected chi connectivity index (χ4v) is 4.31. The Morgan fingerprint density at radius 1 is 1.09 bits per heavy atom. The molecule has 1 N–H and O–H groups in total. The van der Waals surface area contributed by atoms with Crippen molar-refractivity contribution in [1.82, 2.24) is 29.4 Å². The highest BCUT2D eigenvalue weighted by atomic mass is 35.5. The third kappa shape index (κ3) is 4.40. The van der Waals surface area contributed by atoms with Gasteiger partial charge in [0, 0.05) is 59.6 Å². The molecule has 0 atom stereocenters. The van der Waals surface area contributed by atoms with Crippen LogP contribution in [0, 0.1) is 6.92 Å². The molecule has 0 bridgehead atoms. The number of amides is 1. The Hall–Kier alpha value is -4.05. The summed E-state index contributed by atoms with van der Waals surface area (Å²) in [5.41, 5.74) is 3.47. The zero-order chi connectivity index (χ0) is 24.5. The molecule has 4 heterocycles. The van der Waals surface area contributed by atoms with Crippen molar-refractivity contribution in [2.45, 2.75) is 13.5 Å². The smallest absolute Gasteiger partial charge is 0.410 e. The first-order valence-corrected chi connectivity index (χ1v) is 11.4. The van der Waals surface area contributed by atoms with Gasteiger partial charge in [0.1, 0.15) is 12.3 Å². The second-order valence-electron chi connectivity index (χ2n) is 8.08. The van der Waals surface area contributed by atoms with Crippen LogP contribution in [0.1, 0.15) is 5.69 Å². The van der Waals surface area contributed by atoms with E-state index in [0.717, 1.165) is 11.3 Å². The predicted octanol–water partition coefficient (Wildman–Crippen LogP) is 3.37. The number of nitrogens with one attached hydrogen (secondary N) is 1. The van der Waals surface area contributed by atoms with Crippen molar-refractivity contribution in [3.63, 3.8) is 0 Å². The number of nitrogens with zero attached hydrogens (tertiary/aromatic N) is 6. The van der Waals surface area contributed by atoms with Gasteiger partial charge in [0.05, 0.1) is 24.1 Å². The summed E-state index contributed by atoms with van der Waals surface area (Å²) in [5, 5.41) is 3.98. The molecule has 1 saturated heterocycles. The average molecular weight is 492 g/mol. The number of ether oxygens (including phenoxy) is 1. The summed E-state index contributed by atoms with van der Waals surface area (Å²) in [7, 11) is 1.71. The molecule has 1 aromatic carbocycles. The molecule has 3 aromatic heterocycles. The lowest BCUT2D eigenvalue weighted by atomic mass is 10.0. The minimum absolute atomic E-state index is 0.243. The molecule has 0 spiro atoms. The van der Waals surface area contributed by atoms with Gasteiger partial charge in [0.25, 0.3) is 5.56 Å². The van der Waals surface area contributed by atoms with Gasteiger partial charge in [-0.05, 0) is 19.1 Å². The van der Waals surface area contributed by atoms with E-state index in [0.29, 0.717) is 58.5 Å². The van der Waals surface area contributed by atoms with Crippen LogP contribution in [0.5, 0.6) is 0 Å². The van der Waals surface area contributed by atoms with Crippen molar-refractivity contribution in [2.24, 2.45) is 0 Å². The van der Waals surface area contributed by atoms with Crippen LogP contribution >= 0.6 is 11.6 Å². The molecule has 4 aromatic rings. The summed E-state index contributed by atoms with van der Waals surface area (Å²) in [6, 6.07) is 7.18. The minimum atomic E-state index is -0.387. The second kappa shape index (κ2) is 9.30. The van der Waals surface area contributed by atoms with Crippen LogP contribution < -0.4 is 10.9 Å². The summed E-state index contributed by atoms with van der Waals surface area (Å²) >= 11 is 6.67. The molecule has 0 aliphatic carbocycles. The van der Waals surface area contributed by atoms with Gasteiger partial charge in [-0.25, -0.2) is 14.8 Å². The predicted molar refractivity (Wildman–Crippen MR) is 132 cm³/mol. The highest BCUT2D eigenvalue weighted by Crippen LogP contribution is 2.31. The number of hydrogen-bond donors (Lipinski definition) is 1. The number of anilines is 1. The lowest BCUT2D eigenvalue weighted by molar-refractivity contribution is 0.157. The maximum Gasteiger partial charge on any atom is 0.410 e. The zero-order valence-electron chi connectivity index (χ0n) is 19.2. The number of pyridine rings is 1. The molecule has 11 heteroatoms. The molecular weight excluding hydrogens is 470 g/mol. The van der Waals surface area contributed by atoms with Crippen molar-refractivity contribution >= 4 is 34.7 Å². The molecule has 35 heavy (non-hydrogen) atoms. The lowest BCUT2D eigenvalue weighted by Gasteiger charge is -2.17. The molecule has 1 aliphatic rings. The van der Waals surface area contributed by atoms with E-state index in [9.17, 15) is 9.59 Å².